The zero-order valence-corrected chi connectivity index (χ0v) is 24.7. The summed E-state index contributed by atoms with van der Waals surface area (Å²) in [6.07, 6.45) is 2.31. The molecule has 3 fully saturated rings. The van der Waals surface area contributed by atoms with E-state index in [1.807, 2.05) is 6.08 Å². The smallest absolute Gasteiger partial charge is 0.488 e. The molecule has 11 nitrogen and oxygen atoms in total. The molecule has 2 aliphatic carbocycles. The maximum atomic E-state index is 14.2. The number of amides is 4. The SMILES string of the molecule is Cc1cc(C2C3=CCC4C(=O)N(c5cccc(B(O)O)c5)C(=O)C4C3CC3C(=O)N(c4cccc(B(O)O)c4)C(=O)C32)ccc1O. The molecular formula is C33H30B2N2O9. The Bertz CT molecular complexity index is 1840. The summed E-state index contributed by atoms with van der Waals surface area (Å²) in [6.45, 7) is 1.73. The molecule has 4 aliphatic rings. The molecule has 3 aromatic rings. The van der Waals surface area contributed by atoms with E-state index in [2.05, 4.69) is 0 Å². The third-order valence-electron chi connectivity index (χ3n) is 10.1. The highest BCUT2D eigenvalue weighted by atomic mass is 16.4. The summed E-state index contributed by atoms with van der Waals surface area (Å²) in [4.78, 5) is 58.5. The highest BCUT2D eigenvalue weighted by Gasteiger charge is 2.62. The van der Waals surface area contributed by atoms with Gasteiger partial charge in [-0.1, -0.05) is 48.0 Å². The van der Waals surface area contributed by atoms with E-state index >= 15 is 0 Å². The minimum atomic E-state index is -1.80. The van der Waals surface area contributed by atoms with Crippen molar-refractivity contribution in [2.75, 3.05) is 9.80 Å². The molecule has 2 heterocycles. The predicted octanol–water partition coefficient (Wildman–Crippen LogP) is 0.105. The molecule has 0 radical (unpaired) electrons. The fourth-order valence-electron chi connectivity index (χ4n) is 7.99. The van der Waals surface area contributed by atoms with Crippen LogP contribution in [0.4, 0.5) is 11.4 Å². The molecule has 7 rings (SSSR count). The standard InChI is InChI=1S/C33H30B2N2O9/c1-16-12-17(8-11-26(16)38)27-22-9-10-23-28(32(41)36(30(23)39)20-6-2-4-18(13-20)34(43)44)24(22)15-25-29(27)33(42)37(31(25)40)21-7-3-5-19(14-21)35(45)46/h2-9,11-14,23-25,27-29,38,43-46H,10,15H2,1H3. The van der Waals surface area contributed by atoms with Crippen LogP contribution in [0.5, 0.6) is 5.75 Å². The van der Waals surface area contributed by atoms with Gasteiger partial charge < -0.3 is 25.2 Å². The lowest BCUT2D eigenvalue weighted by atomic mass is 9.57. The summed E-state index contributed by atoms with van der Waals surface area (Å²) < 4.78 is 0. The maximum absolute atomic E-state index is 14.2. The molecule has 6 unspecified atom stereocenters. The van der Waals surface area contributed by atoms with Gasteiger partial charge in [0.25, 0.3) is 0 Å². The third-order valence-corrected chi connectivity index (χ3v) is 10.1. The predicted molar refractivity (Wildman–Crippen MR) is 168 cm³/mol. The number of imide groups is 2. The quantitative estimate of drug-likeness (QED) is 0.151. The van der Waals surface area contributed by atoms with Gasteiger partial charge in [-0.3, -0.25) is 29.0 Å². The van der Waals surface area contributed by atoms with E-state index in [1.165, 1.54) is 42.5 Å². The Labute approximate surface area is 264 Å². The number of fused-ring (bicyclic) bond motifs is 4. The third kappa shape index (κ3) is 4.53. The molecular weight excluding hydrogens is 590 g/mol. The van der Waals surface area contributed by atoms with Crippen LogP contribution in [0.3, 0.4) is 0 Å². The Hall–Kier alpha value is -4.55. The Kier molecular flexibility index (Phi) is 7.24. The van der Waals surface area contributed by atoms with Crippen LogP contribution >= 0.6 is 0 Å². The summed E-state index contributed by atoms with van der Waals surface area (Å²) in [5, 5.41) is 49.2. The van der Waals surface area contributed by atoms with Crippen molar-refractivity contribution in [1.29, 1.82) is 0 Å². The van der Waals surface area contributed by atoms with Crippen molar-refractivity contribution < 1.29 is 44.4 Å². The number of aryl methyl sites for hydroxylation is 1. The second-order valence-corrected chi connectivity index (χ2v) is 12.5. The summed E-state index contributed by atoms with van der Waals surface area (Å²) >= 11 is 0. The van der Waals surface area contributed by atoms with Gasteiger partial charge >= 0.3 is 14.2 Å². The van der Waals surface area contributed by atoms with Gasteiger partial charge in [0.1, 0.15) is 5.75 Å². The average molecular weight is 620 g/mol. The van der Waals surface area contributed by atoms with Gasteiger partial charge in [0.2, 0.25) is 23.6 Å². The van der Waals surface area contributed by atoms with Crippen LogP contribution in [0, 0.1) is 36.5 Å². The molecule has 1 saturated carbocycles. The number of nitrogens with zero attached hydrogens (tertiary/aromatic N) is 2. The van der Waals surface area contributed by atoms with Crippen LogP contribution in [0.2, 0.25) is 0 Å². The lowest BCUT2D eigenvalue weighted by Crippen LogP contribution is -2.43. The van der Waals surface area contributed by atoms with Crippen molar-refractivity contribution in [3.8, 4) is 5.75 Å². The first kappa shape index (κ1) is 30.1. The van der Waals surface area contributed by atoms with E-state index in [9.17, 15) is 44.4 Å². The number of carbonyl (C=O) groups excluding carboxylic acids is 4. The molecule has 5 N–H and O–H groups in total. The van der Waals surface area contributed by atoms with Crippen molar-refractivity contribution in [3.63, 3.8) is 0 Å². The first-order valence-corrected chi connectivity index (χ1v) is 15.1. The molecule has 3 aromatic carbocycles. The lowest BCUT2D eigenvalue weighted by Gasteiger charge is -2.44. The summed E-state index contributed by atoms with van der Waals surface area (Å²) in [7, 11) is -3.59. The van der Waals surface area contributed by atoms with Crippen LogP contribution in [-0.4, -0.2) is 63.1 Å². The van der Waals surface area contributed by atoms with Crippen molar-refractivity contribution in [3.05, 3.63) is 89.5 Å². The van der Waals surface area contributed by atoms with E-state index in [4.69, 9.17) is 0 Å². The van der Waals surface area contributed by atoms with Crippen LogP contribution in [-0.2, 0) is 19.2 Å². The zero-order chi connectivity index (χ0) is 32.6. The number of hydrogen-bond acceptors (Lipinski definition) is 9. The topological polar surface area (TPSA) is 176 Å². The average Bonchev–Trinajstić information content (AvgIpc) is 3.45. The van der Waals surface area contributed by atoms with E-state index in [0.29, 0.717) is 11.1 Å². The second-order valence-electron chi connectivity index (χ2n) is 12.5. The van der Waals surface area contributed by atoms with Gasteiger partial charge in [-0.15, -0.1) is 0 Å². The number of phenolic OH excluding ortho intramolecular Hbond substituents is 1. The fourth-order valence-corrected chi connectivity index (χ4v) is 7.99. The van der Waals surface area contributed by atoms with E-state index in [-0.39, 0.29) is 40.9 Å². The number of anilines is 2. The van der Waals surface area contributed by atoms with Gasteiger partial charge in [-0.05, 0) is 78.1 Å². The molecule has 4 amide bonds. The van der Waals surface area contributed by atoms with E-state index < -0.39 is 73.4 Å². The molecule has 6 atom stereocenters. The summed E-state index contributed by atoms with van der Waals surface area (Å²) in [6, 6.07) is 16.9. The number of phenols is 1. The highest BCUT2D eigenvalue weighted by Crippen LogP contribution is 2.58. The van der Waals surface area contributed by atoms with Gasteiger partial charge in [0.15, 0.2) is 0 Å². The first-order valence-electron chi connectivity index (χ1n) is 15.1. The Balaban J connectivity index is 1.32. The van der Waals surface area contributed by atoms with Crippen LogP contribution in [0.1, 0.15) is 29.9 Å². The highest BCUT2D eigenvalue weighted by molar-refractivity contribution is 6.59. The van der Waals surface area contributed by atoms with E-state index in [0.717, 1.165) is 15.4 Å². The Morgan fingerprint density at radius 3 is 1.80 bits per heavy atom. The maximum Gasteiger partial charge on any atom is 0.488 e. The van der Waals surface area contributed by atoms with Crippen LogP contribution in [0.25, 0.3) is 0 Å². The van der Waals surface area contributed by atoms with Gasteiger partial charge in [-0.25, -0.2) is 0 Å². The van der Waals surface area contributed by atoms with Gasteiger partial charge in [-0.2, -0.15) is 0 Å². The zero-order valence-electron chi connectivity index (χ0n) is 24.7. The van der Waals surface area contributed by atoms with Crippen molar-refractivity contribution in [2.24, 2.45) is 29.6 Å². The summed E-state index contributed by atoms with van der Waals surface area (Å²) in [5.74, 6) is -6.05. The monoisotopic (exact) mass is 620 g/mol. The first-order chi connectivity index (χ1) is 22.0. The minimum absolute atomic E-state index is 0.0719. The van der Waals surface area contributed by atoms with Crippen LogP contribution in [0.15, 0.2) is 78.4 Å². The normalized spacial score (nSPS) is 26.9. The van der Waals surface area contributed by atoms with E-state index in [1.54, 1.807) is 31.2 Å². The number of hydrogen-bond donors (Lipinski definition) is 5. The molecule has 0 spiro atoms. The number of aromatic hydroxyl groups is 1. The summed E-state index contributed by atoms with van der Waals surface area (Å²) in [5.41, 5.74) is 2.73. The second kappa shape index (κ2) is 11.1. The number of rotatable bonds is 5. The Morgan fingerprint density at radius 1 is 0.674 bits per heavy atom. The number of carbonyl (C=O) groups is 4. The van der Waals surface area contributed by atoms with Gasteiger partial charge in [0.05, 0.1) is 35.0 Å². The number of allylic oxidation sites excluding steroid dienone is 2. The molecule has 13 heteroatoms. The molecule has 46 heavy (non-hydrogen) atoms. The Morgan fingerprint density at radius 2 is 1.24 bits per heavy atom. The van der Waals surface area contributed by atoms with Crippen molar-refractivity contribution in [2.45, 2.75) is 25.7 Å². The fraction of sp³-hybridized carbons (Fsp3) is 0.273. The van der Waals surface area contributed by atoms with Crippen molar-refractivity contribution >= 4 is 60.2 Å². The largest absolute Gasteiger partial charge is 0.508 e. The minimum Gasteiger partial charge on any atom is -0.508 e. The molecule has 0 bridgehead atoms. The molecule has 232 valence electrons. The molecule has 2 aliphatic heterocycles. The van der Waals surface area contributed by atoms with Crippen molar-refractivity contribution in [1.82, 2.24) is 0 Å². The number of benzene rings is 3. The van der Waals surface area contributed by atoms with Crippen LogP contribution < -0.4 is 20.7 Å². The van der Waals surface area contributed by atoms with Gasteiger partial charge in [0, 0.05) is 5.92 Å². The molecule has 0 aromatic heterocycles. The lowest BCUT2D eigenvalue weighted by molar-refractivity contribution is -0.126. The molecule has 2 saturated heterocycles.